The molecule has 3 aromatic rings. The fourth-order valence-electron chi connectivity index (χ4n) is 2.66. The van der Waals surface area contributed by atoms with Gasteiger partial charge in [0.25, 0.3) is 5.91 Å². The number of ether oxygens (including phenoxy) is 1. The van der Waals surface area contributed by atoms with E-state index in [2.05, 4.69) is 16.0 Å². The van der Waals surface area contributed by atoms with E-state index < -0.39 is 6.03 Å². The Balaban J connectivity index is 1.55. The monoisotopic (exact) mass is 345 g/mol. The summed E-state index contributed by atoms with van der Waals surface area (Å²) in [5, 5.41) is 8.25. The lowest BCUT2D eigenvalue weighted by Crippen LogP contribution is -2.19. The van der Waals surface area contributed by atoms with Crippen molar-refractivity contribution in [2.24, 2.45) is 0 Å². The van der Waals surface area contributed by atoms with Crippen molar-refractivity contribution in [3.8, 4) is 11.5 Å². The van der Waals surface area contributed by atoms with Crippen LogP contribution in [0.1, 0.15) is 10.4 Å². The Morgan fingerprint density at radius 3 is 2.38 bits per heavy atom. The molecule has 0 bridgehead atoms. The van der Waals surface area contributed by atoms with Gasteiger partial charge in [0, 0.05) is 11.4 Å². The highest BCUT2D eigenvalue weighted by Gasteiger charge is 2.21. The first kappa shape index (κ1) is 15.7. The summed E-state index contributed by atoms with van der Waals surface area (Å²) in [6.45, 7) is 0. The van der Waals surface area contributed by atoms with Gasteiger partial charge >= 0.3 is 6.03 Å². The molecule has 0 radical (unpaired) electrons. The SMILES string of the molecule is O=C(Nc1ccccc1)Nc1ccc2c(c1)C(=O)Nc1ccccc1O2. The summed E-state index contributed by atoms with van der Waals surface area (Å²) in [6.07, 6.45) is 0. The number of urea groups is 1. The number of fused-ring (bicyclic) bond motifs is 2. The van der Waals surface area contributed by atoms with Gasteiger partial charge in [-0.25, -0.2) is 4.79 Å². The molecule has 6 heteroatoms. The Morgan fingerprint density at radius 1 is 0.808 bits per heavy atom. The van der Waals surface area contributed by atoms with Crippen molar-refractivity contribution in [1.29, 1.82) is 0 Å². The normalized spacial score (nSPS) is 11.9. The minimum absolute atomic E-state index is 0.294. The van der Waals surface area contributed by atoms with Gasteiger partial charge in [-0.05, 0) is 42.5 Å². The van der Waals surface area contributed by atoms with E-state index in [4.69, 9.17) is 4.74 Å². The minimum Gasteiger partial charge on any atom is -0.454 e. The molecule has 3 N–H and O–H groups in total. The van der Waals surface area contributed by atoms with E-state index in [-0.39, 0.29) is 5.91 Å². The van der Waals surface area contributed by atoms with Gasteiger partial charge in [-0.15, -0.1) is 0 Å². The van der Waals surface area contributed by atoms with Crippen molar-refractivity contribution in [2.75, 3.05) is 16.0 Å². The number of carbonyl (C=O) groups is 2. The van der Waals surface area contributed by atoms with Crippen molar-refractivity contribution in [1.82, 2.24) is 0 Å². The van der Waals surface area contributed by atoms with Crippen LogP contribution in [0.25, 0.3) is 0 Å². The quantitative estimate of drug-likeness (QED) is 0.630. The van der Waals surface area contributed by atoms with Gasteiger partial charge in [0.1, 0.15) is 5.75 Å². The zero-order valence-electron chi connectivity index (χ0n) is 13.7. The molecule has 128 valence electrons. The third-order valence-electron chi connectivity index (χ3n) is 3.87. The highest BCUT2D eigenvalue weighted by molar-refractivity contribution is 6.09. The molecule has 0 spiro atoms. The number of anilines is 3. The first-order valence-electron chi connectivity index (χ1n) is 8.04. The number of benzene rings is 3. The summed E-state index contributed by atoms with van der Waals surface area (Å²) in [7, 11) is 0. The fraction of sp³-hybridized carbons (Fsp3) is 0. The van der Waals surface area contributed by atoms with Crippen LogP contribution in [0, 0.1) is 0 Å². The molecule has 0 atom stereocenters. The Bertz CT molecular complexity index is 987. The Hall–Kier alpha value is -3.80. The third-order valence-corrected chi connectivity index (χ3v) is 3.87. The number of hydrogen-bond acceptors (Lipinski definition) is 3. The van der Waals surface area contributed by atoms with Crippen LogP contribution in [0.2, 0.25) is 0 Å². The maximum atomic E-state index is 12.5. The summed E-state index contributed by atoms with van der Waals surface area (Å²) in [5.74, 6) is 0.709. The van der Waals surface area contributed by atoms with Crippen LogP contribution in [-0.4, -0.2) is 11.9 Å². The average molecular weight is 345 g/mol. The van der Waals surface area contributed by atoms with Crippen LogP contribution in [0.3, 0.4) is 0 Å². The maximum absolute atomic E-state index is 12.5. The molecule has 26 heavy (non-hydrogen) atoms. The van der Waals surface area contributed by atoms with Gasteiger partial charge in [0.2, 0.25) is 0 Å². The summed E-state index contributed by atoms with van der Waals surface area (Å²) in [5.41, 5.74) is 2.11. The number of hydrogen-bond donors (Lipinski definition) is 3. The largest absolute Gasteiger partial charge is 0.454 e. The fourth-order valence-corrected chi connectivity index (χ4v) is 2.66. The molecular weight excluding hydrogens is 330 g/mol. The van der Waals surface area contributed by atoms with Gasteiger partial charge in [-0.3, -0.25) is 4.79 Å². The summed E-state index contributed by atoms with van der Waals surface area (Å²) < 4.78 is 5.82. The van der Waals surface area contributed by atoms with Crippen LogP contribution in [0.5, 0.6) is 11.5 Å². The van der Waals surface area contributed by atoms with Gasteiger partial charge in [-0.1, -0.05) is 30.3 Å². The Morgan fingerprint density at radius 2 is 1.54 bits per heavy atom. The molecule has 3 aromatic carbocycles. The van der Waals surface area contributed by atoms with Crippen LogP contribution < -0.4 is 20.7 Å². The lowest BCUT2D eigenvalue weighted by molar-refractivity contribution is 0.102. The number of carbonyl (C=O) groups excluding carboxylic acids is 2. The highest BCUT2D eigenvalue weighted by atomic mass is 16.5. The molecule has 0 fully saturated rings. The van der Waals surface area contributed by atoms with E-state index in [0.717, 1.165) is 0 Å². The van der Waals surface area contributed by atoms with E-state index >= 15 is 0 Å². The van der Waals surface area contributed by atoms with E-state index in [1.54, 1.807) is 42.5 Å². The predicted octanol–water partition coefficient (Wildman–Crippen LogP) is 4.69. The second-order valence-electron chi connectivity index (χ2n) is 5.71. The average Bonchev–Trinajstić information content (AvgIpc) is 2.78. The van der Waals surface area contributed by atoms with Crippen molar-refractivity contribution in [3.63, 3.8) is 0 Å². The zero-order valence-corrected chi connectivity index (χ0v) is 13.7. The Labute approximate surface area is 149 Å². The van der Waals surface area contributed by atoms with E-state index in [9.17, 15) is 9.59 Å². The maximum Gasteiger partial charge on any atom is 0.323 e. The summed E-state index contributed by atoms with van der Waals surface area (Å²) in [6, 6.07) is 20.8. The molecule has 0 saturated heterocycles. The predicted molar refractivity (Wildman–Crippen MR) is 100.0 cm³/mol. The number of nitrogens with one attached hydrogen (secondary N) is 3. The van der Waals surface area contributed by atoms with Crippen molar-refractivity contribution < 1.29 is 14.3 Å². The standard InChI is InChI=1S/C20H15N3O3/c24-19-15-12-14(22-20(25)21-13-6-2-1-3-7-13)10-11-17(15)26-18-9-5-4-8-16(18)23-19/h1-12H,(H,23,24)(H2,21,22,25). The topological polar surface area (TPSA) is 79.5 Å². The van der Waals surface area contributed by atoms with Gasteiger partial charge in [0.05, 0.1) is 11.3 Å². The molecule has 1 aliphatic rings. The molecule has 6 nitrogen and oxygen atoms in total. The first-order chi connectivity index (χ1) is 12.7. The Kier molecular flexibility index (Phi) is 3.99. The van der Waals surface area contributed by atoms with Crippen molar-refractivity contribution >= 4 is 29.0 Å². The molecule has 0 unspecified atom stereocenters. The third kappa shape index (κ3) is 3.21. The summed E-state index contributed by atoms with van der Waals surface area (Å²) >= 11 is 0. The second-order valence-corrected chi connectivity index (χ2v) is 5.71. The van der Waals surface area contributed by atoms with Crippen LogP contribution >= 0.6 is 0 Å². The lowest BCUT2D eigenvalue weighted by atomic mass is 10.1. The minimum atomic E-state index is -0.394. The van der Waals surface area contributed by atoms with E-state index in [1.807, 2.05) is 30.3 Å². The molecule has 1 aliphatic heterocycles. The molecule has 1 heterocycles. The van der Waals surface area contributed by atoms with Gasteiger partial charge in [0.15, 0.2) is 5.75 Å². The van der Waals surface area contributed by atoms with Crippen molar-refractivity contribution in [2.45, 2.75) is 0 Å². The molecular formula is C20H15N3O3. The summed E-state index contributed by atoms with van der Waals surface area (Å²) in [4.78, 5) is 24.6. The van der Waals surface area contributed by atoms with Crippen molar-refractivity contribution in [3.05, 3.63) is 78.4 Å². The number of amides is 3. The van der Waals surface area contributed by atoms with E-state index in [1.165, 1.54) is 0 Å². The van der Waals surface area contributed by atoms with Crippen LogP contribution in [-0.2, 0) is 0 Å². The van der Waals surface area contributed by atoms with Gasteiger partial charge < -0.3 is 20.7 Å². The van der Waals surface area contributed by atoms with Crippen LogP contribution in [0.15, 0.2) is 72.8 Å². The van der Waals surface area contributed by atoms with Gasteiger partial charge in [-0.2, -0.15) is 0 Å². The molecule has 0 aromatic heterocycles. The highest BCUT2D eigenvalue weighted by Crippen LogP contribution is 2.36. The molecule has 3 amide bonds. The number of rotatable bonds is 2. The molecule has 4 rings (SSSR count). The van der Waals surface area contributed by atoms with E-state index in [0.29, 0.717) is 34.1 Å². The second kappa shape index (κ2) is 6.60. The zero-order chi connectivity index (χ0) is 17.9. The smallest absolute Gasteiger partial charge is 0.323 e. The lowest BCUT2D eigenvalue weighted by Gasteiger charge is -2.10. The molecule has 0 saturated carbocycles. The molecule has 0 aliphatic carbocycles. The first-order valence-corrected chi connectivity index (χ1v) is 8.04. The van der Waals surface area contributed by atoms with Crippen LogP contribution in [0.4, 0.5) is 21.9 Å². The number of para-hydroxylation sites is 3.